The molecule has 2 heterocycles. The van der Waals surface area contributed by atoms with E-state index in [1.807, 2.05) is 29.8 Å². The molecule has 6 heteroatoms. The van der Waals surface area contributed by atoms with Gasteiger partial charge in [-0.3, -0.25) is 4.79 Å². The molecule has 0 unspecified atom stereocenters. The maximum atomic E-state index is 13.0. The van der Waals surface area contributed by atoms with E-state index >= 15 is 0 Å². The van der Waals surface area contributed by atoms with Crippen LogP contribution >= 0.6 is 22.7 Å². The molecule has 0 radical (unpaired) electrons. The van der Waals surface area contributed by atoms with Crippen LogP contribution in [0.3, 0.4) is 0 Å². The van der Waals surface area contributed by atoms with Crippen molar-refractivity contribution < 1.29 is 9.18 Å². The average molecular weight is 346 g/mol. The second-order valence-electron chi connectivity index (χ2n) is 4.91. The van der Waals surface area contributed by atoms with Crippen LogP contribution in [0.15, 0.2) is 47.2 Å². The molecule has 3 aromatic rings. The minimum absolute atomic E-state index is 0.0397. The number of amides is 1. The van der Waals surface area contributed by atoms with Crippen LogP contribution in [0.1, 0.15) is 12.6 Å². The summed E-state index contributed by atoms with van der Waals surface area (Å²) in [5, 5.41) is 4.87. The number of nitrogens with zero attached hydrogens (tertiary/aromatic N) is 2. The number of rotatable bonds is 5. The molecule has 3 nitrogen and oxygen atoms in total. The van der Waals surface area contributed by atoms with Gasteiger partial charge in [0.2, 0.25) is 5.91 Å². The highest BCUT2D eigenvalue weighted by molar-refractivity contribution is 7.20. The number of hydrogen-bond acceptors (Lipinski definition) is 4. The van der Waals surface area contributed by atoms with Crippen LogP contribution < -0.4 is 4.90 Å². The Morgan fingerprint density at radius 3 is 2.65 bits per heavy atom. The van der Waals surface area contributed by atoms with Crippen molar-refractivity contribution in [1.82, 2.24) is 4.98 Å². The molecule has 0 saturated carbocycles. The summed E-state index contributed by atoms with van der Waals surface area (Å²) in [6.07, 6.45) is 0.243. The maximum Gasteiger partial charge on any atom is 0.233 e. The number of hydrogen-bond donors (Lipinski definition) is 0. The van der Waals surface area contributed by atoms with Crippen LogP contribution in [0.2, 0.25) is 0 Å². The quantitative estimate of drug-likeness (QED) is 0.676. The summed E-state index contributed by atoms with van der Waals surface area (Å²) in [7, 11) is 0. The molecule has 23 heavy (non-hydrogen) atoms. The lowest BCUT2D eigenvalue weighted by atomic mass is 10.2. The Balaban J connectivity index is 1.73. The highest BCUT2D eigenvalue weighted by Crippen LogP contribution is 2.28. The zero-order chi connectivity index (χ0) is 16.2. The van der Waals surface area contributed by atoms with Gasteiger partial charge in [-0.15, -0.1) is 22.7 Å². The first kappa shape index (κ1) is 15.8. The zero-order valence-electron chi connectivity index (χ0n) is 12.5. The number of aromatic nitrogens is 1. The fourth-order valence-electron chi connectivity index (χ4n) is 2.28. The first-order valence-corrected chi connectivity index (χ1v) is 8.97. The van der Waals surface area contributed by atoms with Gasteiger partial charge >= 0.3 is 0 Å². The molecule has 0 fully saturated rings. The molecular formula is C17H15FN2OS2. The first-order chi connectivity index (χ1) is 11.2. The van der Waals surface area contributed by atoms with E-state index in [1.54, 1.807) is 39.7 Å². The lowest BCUT2D eigenvalue weighted by Crippen LogP contribution is -2.32. The summed E-state index contributed by atoms with van der Waals surface area (Å²) in [6, 6.07) is 9.97. The summed E-state index contributed by atoms with van der Waals surface area (Å²) in [6.45, 7) is 2.44. The monoisotopic (exact) mass is 346 g/mol. The van der Waals surface area contributed by atoms with Gasteiger partial charge < -0.3 is 4.90 Å². The predicted octanol–water partition coefficient (Wildman–Crippen LogP) is 4.61. The third-order valence-electron chi connectivity index (χ3n) is 3.37. The number of thiazole rings is 1. The molecule has 2 aromatic heterocycles. The number of carbonyl (C=O) groups is 1. The molecule has 0 aliphatic heterocycles. The fourth-order valence-corrected chi connectivity index (χ4v) is 3.91. The Morgan fingerprint density at radius 2 is 2.00 bits per heavy atom. The third-order valence-corrected chi connectivity index (χ3v) is 5.30. The summed E-state index contributed by atoms with van der Waals surface area (Å²) < 4.78 is 13.0. The van der Waals surface area contributed by atoms with E-state index in [4.69, 9.17) is 0 Å². The van der Waals surface area contributed by atoms with Crippen molar-refractivity contribution in [2.24, 2.45) is 0 Å². The molecule has 0 aliphatic rings. The number of thiophene rings is 1. The standard InChI is InChI=1S/C17H15FN2OS2/c1-2-20(14-7-5-12(18)6-8-14)16(21)10-13-11-23-17(19-13)15-4-3-9-22-15/h3-9,11H,2,10H2,1H3. The van der Waals surface area contributed by atoms with Crippen LogP contribution in [-0.2, 0) is 11.2 Å². The van der Waals surface area contributed by atoms with E-state index in [-0.39, 0.29) is 18.1 Å². The van der Waals surface area contributed by atoms with Gasteiger partial charge in [0.1, 0.15) is 10.8 Å². The number of anilines is 1. The van der Waals surface area contributed by atoms with Gasteiger partial charge in [-0.1, -0.05) is 6.07 Å². The second kappa shape index (κ2) is 7.02. The van der Waals surface area contributed by atoms with Crippen molar-refractivity contribution in [3.63, 3.8) is 0 Å². The van der Waals surface area contributed by atoms with Gasteiger partial charge in [-0.05, 0) is 42.6 Å². The highest BCUT2D eigenvalue weighted by Gasteiger charge is 2.16. The molecule has 0 aliphatic carbocycles. The molecule has 1 amide bonds. The number of likely N-dealkylation sites (N-methyl/N-ethyl adjacent to an activating group) is 1. The lowest BCUT2D eigenvalue weighted by Gasteiger charge is -2.20. The summed E-state index contributed by atoms with van der Waals surface area (Å²) in [5.74, 6) is -0.348. The number of carbonyl (C=O) groups excluding carboxylic acids is 1. The minimum atomic E-state index is -0.308. The molecule has 1 aromatic carbocycles. The van der Waals surface area contributed by atoms with Gasteiger partial charge in [0, 0.05) is 17.6 Å². The van der Waals surface area contributed by atoms with Crippen molar-refractivity contribution in [2.75, 3.05) is 11.4 Å². The van der Waals surface area contributed by atoms with Crippen LogP contribution in [0.25, 0.3) is 9.88 Å². The minimum Gasteiger partial charge on any atom is -0.312 e. The van der Waals surface area contributed by atoms with Crippen molar-refractivity contribution in [3.05, 3.63) is 58.7 Å². The summed E-state index contributed by atoms with van der Waals surface area (Å²) in [4.78, 5) is 19.8. The lowest BCUT2D eigenvalue weighted by molar-refractivity contribution is -0.118. The summed E-state index contributed by atoms with van der Waals surface area (Å²) in [5.41, 5.74) is 1.47. The maximum absolute atomic E-state index is 13.0. The molecule has 0 N–H and O–H groups in total. The van der Waals surface area contributed by atoms with Crippen LogP contribution in [-0.4, -0.2) is 17.4 Å². The van der Waals surface area contributed by atoms with Crippen molar-refractivity contribution in [3.8, 4) is 9.88 Å². The van der Waals surface area contributed by atoms with E-state index in [1.165, 1.54) is 12.1 Å². The first-order valence-electron chi connectivity index (χ1n) is 7.21. The topological polar surface area (TPSA) is 33.2 Å². The van der Waals surface area contributed by atoms with E-state index < -0.39 is 0 Å². The van der Waals surface area contributed by atoms with E-state index in [0.29, 0.717) is 12.2 Å². The van der Waals surface area contributed by atoms with Gasteiger partial charge in [0.25, 0.3) is 0 Å². The Labute approximate surface area is 142 Å². The molecule has 0 bridgehead atoms. The number of benzene rings is 1. The van der Waals surface area contributed by atoms with E-state index in [2.05, 4.69) is 4.98 Å². The van der Waals surface area contributed by atoms with Crippen molar-refractivity contribution in [2.45, 2.75) is 13.3 Å². The Hall–Kier alpha value is -2.05. The number of halogens is 1. The van der Waals surface area contributed by atoms with Crippen LogP contribution in [0, 0.1) is 5.82 Å². The zero-order valence-corrected chi connectivity index (χ0v) is 14.2. The van der Waals surface area contributed by atoms with Crippen LogP contribution in [0.4, 0.5) is 10.1 Å². The normalized spacial score (nSPS) is 10.7. The fraction of sp³-hybridized carbons (Fsp3) is 0.176. The van der Waals surface area contributed by atoms with Crippen molar-refractivity contribution in [1.29, 1.82) is 0 Å². The SMILES string of the molecule is CCN(C(=O)Cc1csc(-c2cccs2)n1)c1ccc(F)cc1. The van der Waals surface area contributed by atoms with Crippen LogP contribution in [0.5, 0.6) is 0 Å². The van der Waals surface area contributed by atoms with Gasteiger partial charge in [0.15, 0.2) is 0 Å². The van der Waals surface area contributed by atoms with Crippen molar-refractivity contribution >= 4 is 34.3 Å². The largest absolute Gasteiger partial charge is 0.312 e. The Bertz CT molecular complexity index is 781. The highest BCUT2D eigenvalue weighted by atomic mass is 32.1. The molecule has 0 spiro atoms. The molecular weight excluding hydrogens is 331 g/mol. The predicted molar refractivity (Wildman–Crippen MR) is 93.6 cm³/mol. The third kappa shape index (κ3) is 3.65. The molecule has 0 atom stereocenters. The van der Waals surface area contributed by atoms with Gasteiger partial charge in [-0.2, -0.15) is 0 Å². The smallest absolute Gasteiger partial charge is 0.233 e. The average Bonchev–Trinajstić information content (AvgIpc) is 3.21. The molecule has 3 rings (SSSR count). The summed E-state index contributed by atoms with van der Waals surface area (Å²) >= 11 is 3.18. The second-order valence-corrected chi connectivity index (χ2v) is 6.72. The Kier molecular flexibility index (Phi) is 4.83. The molecule has 118 valence electrons. The van der Waals surface area contributed by atoms with E-state index in [9.17, 15) is 9.18 Å². The van der Waals surface area contributed by atoms with E-state index in [0.717, 1.165) is 15.6 Å². The van der Waals surface area contributed by atoms with Gasteiger partial charge in [0.05, 0.1) is 17.0 Å². The Morgan fingerprint density at radius 1 is 1.22 bits per heavy atom. The van der Waals surface area contributed by atoms with Gasteiger partial charge in [-0.25, -0.2) is 9.37 Å². The molecule has 0 saturated heterocycles.